The van der Waals surface area contributed by atoms with Crippen molar-refractivity contribution in [2.75, 3.05) is 49.9 Å². The molecule has 38 heavy (non-hydrogen) atoms. The maximum absolute atomic E-state index is 13.0. The van der Waals surface area contributed by atoms with E-state index in [0.29, 0.717) is 26.1 Å². The molecule has 0 aliphatic carbocycles. The van der Waals surface area contributed by atoms with E-state index >= 15 is 0 Å². The number of anilines is 2. The molecule has 3 amide bonds. The summed E-state index contributed by atoms with van der Waals surface area (Å²) in [4.78, 5) is 41.5. The van der Waals surface area contributed by atoms with Gasteiger partial charge in [-0.1, -0.05) is 13.0 Å². The quantitative estimate of drug-likeness (QED) is 0.344. The zero-order valence-electron chi connectivity index (χ0n) is 22.1. The summed E-state index contributed by atoms with van der Waals surface area (Å²) in [7, 11) is 0. The summed E-state index contributed by atoms with van der Waals surface area (Å²) >= 11 is 1.48. The topological polar surface area (TPSA) is 141 Å². The Bertz CT molecular complexity index is 1060. The third-order valence-corrected chi connectivity index (χ3v) is 8.47. The summed E-state index contributed by atoms with van der Waals surface area (Å²) in [5.74, 6) is -0.697. The van der Waals surface area contributed by atoms with E-state index in [1.165, 1.54) is 11.8 Å². The van der Waals surface area contributed by atoms with Gasteiger partial charge >= 0.3 is 0 Å². The van der Waals surface area contributed by atoms with E-state index in [9.17, 15) is 19.6 Å². The van der Waals surface area contributed by atoms with Crippen molar-refractivity contribution in [1.82, 2.24) is 15.1 Å². The molecular formula is C27H37N7O3S. The molecule has 0 aromatic heterocycles. The van der Waals surface area contributed by atoms with Gasteiger partial charge in [0.15, 0.2) is 0 Å². The number of rotatable bonds is 12. The highest BCUT2D eigenvalue weighted by molar-refractivity contribution is 8.01. The number of benzene rings is 1. The van der Waals surface area contributed by atoms with Crippen LogP contribution in [-0.4, -0.2) is 77.4 Å². The molecule has 1 aromatic rings. The lowest BCUT2D eigenvalue weighted by molar-refractivity contribution is -0.131. The molecule has 3 N–H and O–H groups in total. The van der Waals surface area contributed by atoms with Crippen LogP contribution >= 0.6 is 11.8 Å². The van der Waals surface area contributed by atoms with Crippen LogP contribution in [0.25, 0.3) is 0 Å². The van der Waals surface area contributed by atoms with Gasteiger partial charge in [0.25, 0.3) is 0 Å². The zero-order valence-corrected chi connectivity index (χ0v) is 22.9. The molecule has 3 atom stereocenters. The first-order valence-corrected chi connectivity index (χ1v) is 14.1. The predicted octanol–water partition coefficient (Wildman–Crippen LogP) is 2.62. The van der Waals surface area contributed by atoms with Crippen LogP contribution in [0.1, 0.15) is 39.5 Å². The van der Waals surface area contributed by atoms with E-state index in [-0.39, 0.29) is 35.4 Å². The molecule has 0 radical (unpaired) electrons. The first-order chi connectivity index (χ1) is 18.3. The van der Waals surface area contributed by atoms with Crippen molar-refractivity contribution in [3.63, 3.8) is 0 Å². The van der Waals surface area contributed by atoms with E-state index in [1.54, 1.807) is 4.90 Å². The minimum Gasteiger partial charge on any atom is -0.385 e. The Morgan fingerprint density at radius 3 is 2.63 bits per heavy atom. The number of nitrogens with one attached hydrogen (secondary N) is 3. The lowest BCUT2D eigenvalue weighted by Crippen LogP contribution is -2.38. The number of nitriles is 2. The van der Waals surface area contributed by atoms with Gasteiger partial charge in [0.2, 0.25) is 17.7 Å². The number of likely N-dealkylation sites (tertiary alicyclic amines) is 1. The average molecular weight is 540 g/mol. The SMILES string of the molecule is CCN1C(=O)C(CCNc2cccc(NC(=O)CN3CCC(C)CC3)c2)SC1CC(C#N)C(=O)NCC#N. The van der Waals surface area contributed by atoms with Crippen molar-refractivity contribution < 1.29 is 14.4 Å². The van der Waals surface area contributed by atoms with E-state index < -0.39 is 11.8 Å². The maximum atomic E-state index is 13.0. The third-order valence-electron chi connectivity index (χ3n) is 6.94. The zero-order chi connectivity index (χ0) is 27.5. The Morgan fingerprint density at radius 2 is 1.95 bits per heavy atom. The third kappa shape index (κ3) is 8.37. The number of hydrogen-bond acceptors (Lipinski definition) is 8. The van der Waals surface area contributed by atoms with Crippen molar-refractivity contribution in [3.05, 3.63) is 24.3 Å². The molecule has 0 saturated carbocycles. The van der Waals surface area contributed by atoms with Crippen molar-refractivity contribution in [2.45, 2.75) is 50.2 Å². The first-order valence-electron chi connectivity index (χ1n) is 13.2. The van der Waals surface area contributed by atoms with Gasteiger partial charge in [-0.15, -0.1) is 11.8 Å². The Labute approximate surface area is 229 Å². The van der Waals surface area contributed by atoms with E-state index in [0.717, 1.165) is 43.2 Å². The van der Waals surface area contributed by atoms with Gasteiger partial charge in [0.05, 0.1) is 29.3 Å². The fourth-order valence-corrected chi connectivity index (χ4v) is 6.32. The molecule has 3 unspecified atom stereocenters. The molecule has 2 fully saturated rings. The normalized spacial score (nSPS) is 20.8. The van der Waals surface area contributed by atoms with Crippen LogP contribution in [0.5, 0.6) is 0 Å². The molecule has 2 heterocycles. The molecule has 3 rings (SSSR count). The van der Waals surface area contributed by atoms with Gasteiger partial charge in [-0.25, -0.2) is 0 Å². The van der Waals surface area contributed by atoms with Crippen molar-refractivity contribution in [1.29, 1.82) is 10.5 Å². The van der Waals surface area contributed by atoms with Gasteiger partial charge in [0.1, 0.15) is 12.5 Å². The summed E-state index contributed by atoms with van der Waals surface area (Å²) in [5.41, 5.74) is 1.58. The average Bonchev–Trinajstić information content (AvgIpc) is 3.21. The molecule has 2 saturated heterocycles. The number of nitrogens with zero attached hydrogens (tertiary/aromatic N) is 4. The maximum Gasteiger partial charge on any atom is 0.238 e. The van der Waals surface area contributed by atoms with Gasteiger partial charge in [-0.05, 0) is 63.4 Å². The molecular weight excluding hydrogens is 502 g/mol. The second-order valence-corrected chi connectivity index (χ2v) is 11.2. The van der Waals surface area contributed by atoms with Crippen LogP contribution in [0.15, 0.2) is 24.3 Å². The van der Waals surface area contributed by atoms with Gasteiger partial charge in [-0.2, -0.15) is 10.5 Å². The van der Waals surface area contributed by atoms with Crippen LogP contribution in [-0.2, 0) is 14.4 Å². The molecule has 1 aromatic carbocycles. The second-order valence-electron chi connectivity index (χ2n) is 9.80. The van der Waals surface area contributed by atoms with Crippen molar-refractivity contribution in [2.24, 2.45) is 11.8 Å². The second kappa shape index (κ2) is 14.6. The summed E-state index contributed by atoms with van der Waals surface area (Å²) in [6.07, 6.45) is 3.06. The van der Waals surface area contributed by atoms with E-state index in [2.05, 4.69) is 27.8 Å². The Morgan fingerprint density at radius 1 is 1.21 bits per heavy atom. The van der Waals surface area contributed by atoms with Gasteiger partial charge in [0, 0.05) is 30.9 Å². The Kier molecular flexibility index (Phi) is 11.3. The largest absolute Gasteiger partial charge is 0.385 e. The highest BCUT2D eigenvalue weighted by atomic mass is 32.2. The van der Waals surface area contributed by atoms with Gasteiger partial charge < -0.3 is 20.9 Å². The number of carbonyl (C=O) groups excluding carboxylic acids is 3. The summed E-state index contributed by atoms with van der Waals surface area (Å²) in [6, 6.07) is 11.4. The molecule has 0 spiro atoms. The predicted molar refractivity (Wildman–Crippen MR) is 148 cm³/mol. The minimum atomic E-state index is -0.920. The highest BCUT2D eigenvalue weighted by Crippen LogP contribution is 2.37. The minimum absolute atomic E-state index is 0.00606. The van der Waals surface area contributed by atoms with Gasteiger partial charge in [-0.3, -0.25) is 19.3 Å². The van der Waals surface area contributed by atoms with Crippen LogP contribution in [0.2, 0.25) is 0 Å². The number of piperidine rings is 1. The van der Waals surface area contributed by atoms with Crippen molar-refractivity contribution >= 4 is 40.9 Å². The molecule has 2 aliphatic heterocycles. The summed E-state index contributed by atoms with van der Waals surface area (Å²) in [5, 5.41) is 26.3. The monoisotopic (exact) mass is 539 g/mol. The smallest absolute Gasteiger partial charge is 0.238 e. The number of amides is 3. The fraction of sp³-hybridized carbons (Fsp3) is 0.593. The lowest BCUT2D eigenvalue weighted by atomic mass is 9.99. The molecule has 2 aliphatic rings. The fourth-order valence-electron chi connectivity index (χ4n) is 4.73. The molecule has 0 bridgehead atoms. The van der Waals surface area contributed by atoms with Crippen LogP contribution in [0.4, 0.5) is 11.4 Å². The molecule has 11 heteroatoms. The van der Waals surface area contributed by atoms with Crippen molar-refractivity contribution in [3.8, 4) is 12.1 Å². The number of hydrogen-bond donors (Lipinski definition) is 3. The highest BCUT2D eigenvalue weighted by Gasteiger charge is 2.40. The van der Waals surface area contributed by atoms with Crippen LogP contribution in [0.3, 0.4) is 0 Å². The summed E-state index contributed by atoms with van der Waals surface area (Å²) in [6.45, 7) is 7.34. The summed E-state index contributed by atoms with van der Waals surface area (Å²) < 4.78 is 0. The Hall–Kier alpha value is -3.28. The van der Waals surface area contributed by atoms with E-state index in [4.69, 9.17) is 5.26 Å². The first kappa shape index (κ1) is 29.3. The molecule has 10 nitrogen and oxygen atoms in total. The van der Waals surface area contributed by atoms with E-state index in [1.807, 2.05) is 43.3 Å². The number of carbonyl (C=O) groups is 3. The Balaban J connectivity index is 1.47. The van der Waals surface area contributed by atoms with Crippen LogP contribution in [0, 0.1) is 34.5 Å². The number of thioether (sulfide) groups is 1. The lowest BCUT2D eigenvalue weighted by Gasteiger charge is -2.29. The molecule has 204 valence electrons. The van der Waals surface area contributed by atoms with Crippen LogP contribution < -0.4 is 16.0 Å². The standard InChI is InChI=1S/C27H37N7O3S/c1-3-34-25(15-20(17-29)26(36)31-12-10-28)38-23(27(34)37)7-11-30-21-5-4-6-22(16-21)32-24(35)18-33-13-8-19(2)9-14-33/h4-6,16,19-20,23,25,30H,3,7-9,11-15,18H2,1-2H3,(H,31,36)(H,32,35).